The molecule has 0 fully saturated rings. The minimum absolute atomic E-state index is 0.0682. The Balaban J connectivity index is 1.62. The van der Waals surface area contributed by atoms with Crippen molar-refractivity contribution in [3.8, 4) is 35.3 Å². The normalized spacial score (nSPS) is 10.4. The minimum Gasteiger partial charge on any atom is -0.424 e. The smallest absolute Gasteiger partial charge is 0.331 e. The van der Waals surface area contributed by atoms with Gasteiger partial charge in [-0.2, -0.15) is 0 Å². The molecule has 0 amide bonds. The Morgan fingerprint density at radius 2 is 0.848 bits per heavy atom. The number of nitrogens with zero attached hydrogens (tertiary/aromatic N) is 3. The van der Waals surface area contributed by atoms with E-state index in [2.05, 4.69) is 15.0 Å². The van der Waals surface area contributed by atoms with E-state index in [-0.39, 0.29) is 18.0 Å². The number of rotatable bonds is 8. The van der Waals surface area contributed by atoms with Crippen molar-refractivity contribution in [3.63, 3.8) is 0 Å². The van der Waals surface area contributed by atoms with Gasteiger partial charge < -0.3 is 14.2 Å². The number of para-hydroxylation sites is 1. The Hall–Kier alpha value is -4.01. The maximum Gasteiger partial charge on any atom is 0.331 e. The van der Waals surface area contributed by atoms with Gasteiger partial charge in [-0.05, 0) is 83.9 Å². The SMILES string of the molecule is O=C(Cl)c1ccc(Oc2nc(Oc3ccccc3)nc(Oc3ccc(C(=O)Cl)cc3)n2)cc1. The molecular formula is C23H13Cl2N3O5. The molecule has 0 aliphatic heterocycles. The number of carbonyl (C=O) groups is 2. The van der Waals surface area contributed by atoms with Crippen LogP contribution in [0.1, 0.15) is 20.7 Å². The molecule has 0 atom stereocenters. The van der Waals surface area contributed by atoms with Gasteiger partial charge in [-0.25, -0.2) is 0 Å². The van der Waals surface area contributed by atoms with Gasteiger partial charge in [0, 0.05) is 11.1 Å². The first-order chi connectivity index (χ1) is 16.0. The molecule has 10 heteroatoms. The molecule has 0 aliphatic rings. The number of halogens is 2. The minimum atomic E-state index is -0.585. The van der Waals surface area contributed by atoms with E-state index >= 15 is 0 Å². The van der Waals surface area contributed by atoms with Crippen LogP contribution < -0.4 is 14.2 Å². The second-order valence-corrected chi connectivity index (χ2v) is 7.09. The van der Waals surface area contributed by atoms with Gasteiger partial charge in [0.25, 0.3) is 10.5 Å². The van der Waals surface area contributed by atoms with Crippen molar-refractivity contribution >= 4 is 33.7 Å². The number of hydrogen-bond donors (Lipinski definition) is 0. The van der Waals surface area contributed by atoms with Crippen molar-refractivity contribution in [3.05, 3.63) is 90.0 Å². The molecule has 0 bridgehead atoms. The predicted molar refractivity (Wildman–Crippen MR) is 120 cm³/mol. The van der Waals surface area contributed by atoms with Crippen LogP contribution in [0.4, 0.5) is 0 Å². The van der Waals surface area contributed by atoms with Crippen molar-refractivity contribution < 1.29 is 23.8 Å². The summed E-state index contributed by atoms with van der Waals surface area (Å²) in [5.74, 6) is 1.20. The maximum absolute atomic E-state index is 11.2. The summed E-state index contributed by atoms with van der Waals surface area (Å²) in [7, 11) is 0. The van der Waals surface area contributed by atoms with Crippen molar-refractivity contribution in [1.29, 1.82) is 0 Å². The number of benzene rings is 3. The second kappa shape index (κ2) is 10.1. The third-order valence-electron chi connectivity index (χ3n) is 4.11. The summed E-state index contributed by atoms with van der Waals surface area (Å²) in [5.41, 5.74) is 0.631. The van der Waals surface area contributed by atoms with Crippen LogP contribution >= 0.6 is 23.2 Å². The molecule has 8 nitrogen and oxygen atoms in total. The molecule has 0 unspecified atom stereocenters. The van der Waals surface area contributed by atoms with Gasteiger partial charge in [-0.3, -0.25) is 9.59 Å². The summed E-state index contributed by atoms with van der Waals surface area (Å²) >= 11 is 10.9. The van der Waals surface area contributed by atoms with E-state index in [4.69, 9.17) is 37.4 Å². The Morgan fingerprint density at radius 1 is 0.515 bits per heavy atom. The van der Waals surface area contributed by atoms with Crippen LogP contribution in [0, 0.1) is 0 Å². The van der Waals surface area contributed by atoms with Crippen LogP contribution in [-0.4, -0.2) is 25.4 Å². The van der Waals surface area contributed by atoms with E-state index < -0.39 is 10.5 Å². The highest BCUT2D eigenvalue weighted by atomic mass is 35.5. The molecule has 1 aromatic heterocycles. The zero-order valence-electron chi connectivity index (χ0n) is 16.6. The molecule has 0 spiro atoms. The zero-order chi connectivity index (χ0) is 23.2. The molecule has 0 radical (unpaired) electrons. The molecule has 0 N–H and O–H groups in total. The van der Waals surface area contributed by atoms with Gasteiger partial charge in [0.15, 0.2) is 0 Å². The van der Waals surface area contributed by atoms with Crippen LogP contribution in [0.3, 0.4) is 0 Å². The molecule has 4 rings (SSSR count). The summed E-state index contributed by atoms with van der Waals surface area (Å²) in [6.07, 6.45) is 0. The first kappa shape index (κ1) is 22.2. The van der Waals surface area contributed by atoms with Gasteiger partial charge in [0.1, 0.15) is 17.2 Å². The molecule has 0 saturated carbocycles. The van der Waals surface area contributed by atoms with Crippen molar-refractivity contribution in [1.82, 2.24) is 15.0 Å². The summed E-state index contributed by atoms with van der Waals surface area (Å²) in [4.78, 5) is 35.0. The Kier molecular flexibility index (Phi) is 6.77. The van der Waals surface area contributed by atoms with Gasteiger partial charge >= 0.3 is 18.0 Å². The third-order valence-corrected chi connectivity index (χ3v) is 4.54. The quantitative estimate of drug-likeness (QED) is 0.282. The number of aromatic nitrogens is 3. The van der Waals surface area contributed by atoms with E-state index in [9.17, 15) is 9.59 Å². The fourth-order valence-electron chi connectivity index (χ4n) is 2.57. The first-order valence-electron chi connectivity index (χ1n) is 9.41. The number of carbonyl (C=O) groups excluding carboxylic acids is 2. The summed E-state index contributed by atoms with van der Waals surface area (Å²) in [5, 5.41) is -1.17. The monoisotopic (exact) mass is 481 g/mol. The summed E-state index contributed by atoms with van der Waals surface area (Å²) in [6, 6.07) is 20.8. The van der Waals surface area contributed by atoms with Crippen molar-refractivity contribution in [2.24, 2.45) is 0 Å². The van der Waals surface area contributed by atoms with Crippen LogP contribution in [0.2, 0.25) is 0 Å². The maximum atomic E-state index is 11.2. The molecule has 3 aromatic carbocycles. The van der Waals surface area contributed by atoms with Gasteiger partial charge in [0.2, 0.25) is 0 Å². The lowest BCUT2D eigenvalue weighted by Crippen LogP contribution is -2.01. The van der Waals surface area contributed by atoms with Crippen LogP contribution in [0.15, 0.2) is 78.9 Å². The summed E-state index contributed by atoms with van der Waals surface area (Å²) < 4.78 is 17.1. The molecule has 0 saturated heterocycles. The van der Waals surface area contributed by atoms with Gasteiger partial charge in [-0.1, -0.05) is 18.2 Å². The van der Waals surface area contributed by atoms with E-state index in [0.717, 1.165) is 0 Å². The molecule has 0 aliphatic carbocycles. The molecule has 4 aromatic rings. The molecular weight excluding hydrogens is 469 g/mol. The Bertz CT molecular complexity index is 1210. The number of ether oxygens (including phenoxy) is 3. The lowest BCUT2D eigenvalue weighted by Gasteiger charge is -2.10. The van der Waals surface area contributed by atoms with Crippen LogP contribution in [0.5, 0.6) is 35.3 Å². The molecule has 164 valence electrons. The fourth-order valence-corrected chi connectivity index (χ4v) is 2.82. The van der Waals surface area contributed by atoms with Crippen LogP contribution in [0.25, 0.3) is 0 Å². The topological polar surface area (TPSA) is 101 Å². The molecule has 33 heavy (non-hydrogen) atoms. The standard InChI is InChI=1S/C23H13Cl2N3O5/c24-19(29)14-6-10-17(11-7-14)32-22-26-21(31-16-4-2-1-3-5-16)27-23(28-22)33-18-12-8-15(9-13-18)20(25)30/h1-13H. The summed E-state index contributed by atoms with van der Waals surface area (Å²) in [6.45, 7) is 0. The Labute approximate surface area is 197 Å². The molecule has 1 heterocycles. The number of hydrogen-bond acceptors (Lipinski definition) is 8. The van der Waals surface area contributed by atoms with Crippen molar-refractivity contribution in [2.45, 2.75) is 0 Å². The highest BCUT2D eigenvalue weighted by Gasteiger charge is 2.14. The lowest BCUT2D eigenvalue weighted by molar-refractivity contribution is 0.107. The van der Waals surface area contributed by atoms with Crippen molar-refractivity contribution in [2.75, 3.05) is 0 Å². The Morgan fingerprint density at radius 3 is 1.18 bits per heavy atom. The van der Waals surface area contributed by atoms with Crippen LogP contribution in [-0.2, 0) is 0 Å². The second-order valence-electron chi connectivity index (χ2n) is 6.40. The average molecular weight is 482 g/mol. The van der Waals surface area contributed by atoms with Gasteiger partial charge in [-0.15, -0.1) is 15.0 Å². The van der Waals surface area contributed by atoms with E-state index in [1.807, 2.05) is 6.07 Å². The van der Waals surface area contributed by atoms with E-state index in [1.54, 1.807) is 48.5 Å². The zero-order valence-corrected chi connectivity index (χ0v) is 18.2. The average Bonchev–Trinajstić information content (AvgIpc) is 2.80. The predicted octanol–water partition coefficient (Wildman–Crippen LogP) is 6.01. The first-order valence-corrected chi connectivity index (χ1v) is 10.2. The third kappa shape index (κ3) is 6.03. The lowest BCUT2D eigenvalue weighted by atomic mass is 10.2. The highest BCUT2D eigenvalue weighted by molar-refractivity contribution is 6.68. The largest absolute Gasteiger partial charge is 0.424 e. The van der Waals surface area contributed by atoms with Gasteiger partial charge in [0.05, 0.1) is 0 Å². The fraction of sp³-hybridized carbons (Fsp3) is 0. The van der Waals surface area contributed by atoms with E-state index in [0.29, 0.717) is 28.4 Å². The van der Waals surface area contributed by atoms with E-state index in [1.165, 1.54) is 24.3 Å². The highest BCUT2D eigenvalue weighted by Crippen LogP contribution is 2.27.